The van der Waals surface area contributed by atoms with Crippen LogP contribution < -0.4 is 10.6 Å². The monoisotopic (exact) mass is 279 g/mol. The van der Waals surface area contributed by atoms with E-state index in [-0.39, 0.29) is 5.84 Å². The molecular formula is C15H22ClN3. The minimum atomic E-state index is 0.0606. The molecule has 2 rings (SSSR count). The highest BCUT2D eigenvalue weighted by Gasteiger charge is 2.24. The van der Waals surface area contributed by atoms with Crippen molar-refractivity contribution in [2.75, 3.05) is 18.0 Å². The zero-order chi connectivity index (χ0) is 14.0. The Morgan fingerprint density at radius 1 is 1.32 bits per heavy atom. The van der Waals surface area contributed by atoms with Crippen LogP contribution in [0.4, 0.5) is 5.69 Å². The van der Waals surface area contributed by atoms with Gasteiger partial charge in [-0.05, 0) is 42.9 Å². The minimum Gasteiger partial charge on any atom is -0.384 e. The molecule has 1 aromatic carbocycles. The summed E-state index contributed by atoms with van der Waals surface area (Å²) in [6.45, 7) is 6.74. The van der Waals surface area contributed by atoms with Crippen molar-refractivity contribution in [1.29, 1.82) is 5.41 Å². The van der Waals surface area contributed by atoms with E-state index < -0.39 is 0 Å². The van der Waals surface area contributed by atoms with Crippen molar-refractivity contribution < 1.29 is 0 Å². The Morgan fingerprint density at radius 3 is 2.68 bits per heavy atom. The number of rotatable bonds is 2. The summed E-state index contributed by atoms with van der Waals surface area (Å²) in [4.78, 5) is 2.35. The van der Waals surface area contributed by atoms with Crippen LogP contribution in [0.1, 0.15) is 38.7 Å². The third-order valence-electron chi connectivity index (χ3n) is 3.94. The Bertz CT molecular complexity index is 482. The summed E-state index contributed by atoms with van der Waals surface area (Å²) in [6, 6.07) is 5.65. The lowest BCUT2D eigenvalue weighted by molar-refractivity contribution is 0.325. The fourth-order valence-corrected chi connectivity index (χ4v) is 2.89. The molecule has 0 saturated carbocycles. The molecular weight excluding hydrogens is 258 g/mol. The number of nitrogen functional groups attached to an aromatic ring is 1. The summed E-state index contributed by atoms with van der Waals surface area (Å²) >= 11 is 6.34. The SMILES string of the molecule is CC1(C)CCCN(c2ccc(C(=N)N)cc2Cl)CC1. The molecule has 0 aromatic heterocycles. The second-order valence-corrected chi connectivity index (χ2v) is 6.49. The quantitative estimate of drug-likeness (QED) is 0.641. The van der Waals surface area contributed by atoms with Crippen LogP contribution in [0.2, 0.25) is 5.02 Å². The molecule has 3 nitrogen and oxygen atoms in total. The Hall–Kier alpha value is -1.22. The molecule has 1 aliphatic heterocycles. The van der Waals surface area contributed by atoms with Gasteiger partial charge >= 0.3 is 0 Å². The second-order valence-electron chi connectivity index (χ2n) is 6.08. The fraction of sp³-hybridized carbons (Fsp3) is 0.533. The first-order chi connectivity index (χ1) is 8.89. The largest absolute Gasteiger partial charge is 0.384 e. The van der Waals surface area contributed by atoms with Crippen molar-refractivity contribution in [2.24, 2.45) is 11.1 Å². The van der Waals surface area contributed by atoms with Gasteiger partial charge in [-0.1, -0.05) is 25.4 Å². The molecule has 4 heteroatoms. The Morgan fingerprint density at radius 2 is 2.05 bits per heavy atom. The van der Waals surface area contributed by atoms with Gasteiger partial charge in [-0.15, -0.1) is 0 Å². The molecule has 0 radical (unpaired) electrons. The number of amidine groups is 1. The van der Waals surface area contributed by atoms with Crippen LogP contribution in [0.25, 0.3) is 0 Å². The van der Waals surface area contributed by atoms with E-state index in [1.54, 1.807) is 6.07 Å². The van der Waals surface area contributed by atoms with Crippen LogP contribution >= 0.6 is 11.6 Å². The molecule has 0 spiro atoms. The summed E-state index contributed by atoms with van der Waals surface area (Å²) in [5.74, 6) is 0.0606. The van der Waals surface area contributed by atoms with Crippen LogP contribution in [0.15, 0.2) is 18.2 Å². The maximum Gasteiger partial charge on any atom is 0.122 e. The van der Waals surface area contributed by atoms with Gasteiger partial charge in [-0.2, -0.15) is 0 Å². The maximum absolute atomic E-state index is 7.44. The van der Waals surface area contributed by atoms with Crippen LogP contribution in [-0.4, -0.2) is 18.9 Å². The van der Waals surface area contributed by atoms with Gasteiger partial charge in [0.15, 0.2) is 0 Å². The molecule has 1 fully saturated rings. The van der Waals surface area contributed by atoms with Crippen LogP contribution in [0.3, 0.4) is 0 Å². The van der Waals surface area contributed by atoms with Gasteiger partial charge in [0.25, 0.3) is 0 Å². The predicted molar refractivity (Wildman–Crippen MR) is 82.3 cm³/mol. The molecule has 0 unspecified atom stereocenters. The van der Waals surface area contributed by atoms with Crippen molar-refractivity contribution in [3.8, 4) is 0 Å². The zero-order valence-electron chi connectivity index (χ0n) is 11.7. The van der Waals surface area contributed by atoms with E-state index in [1.807, 2.05) is 12.1 Å². The number of nitrogens with two attached hydrogens (primary N) is 1. The van der Waals surface area contributed by atoms with Crippen LogP contribution in [0, 0.1) is 10.8 Å². The van der Waals surface area contributed by atoms with Crippen molar-refractivity contribution in [3.63, 3.8) is 0 Å². The van der Waals surface area contributed by atoms with Gasteiger partial charge in [-0.3, -0.25) is 5.41 Å². The molecule has 104 valence electrons. The first-order valence-electron chi connectivity index (χ1n) is 6.78. The molecule has 19 heavy (non-hydrogen) atoms. The number of nitrogens with zero attached hydrogens (tertiary/aromatic N) is 1. The third kappa shape index (κ3) is 3.41. The fourth-order valence-electron chi connectivity index (χ4n) is 2.59. The van der Waals surface area contributed by atoms with Gasteiger partial charge in [0.2, 0.25) is 0 Å². The first kappa shape index (κ1) is 14.2. The number of benzene rings is 1. The van der Waals surface area contributed by atoms with Gasteiger partial charge in [0.05, 0.1) is 10.7 Å². The number of halogens is 1. The molecule has 3 N–H and O–H groups in total. The molecule has 1 aliphatic rings. The van der Waals surface area contributed by atoms with E-state index in [9.17, 15) is 0 Å². The number of nitrogens with one attached hydrogen (secondary N) is 1. The second kappa shape index (κ2) is 5.41. The lowest BCUT2D eigenvalue weighted by Gasteiger charge is -2.26. The molecule has 1 aromatic rings. The van der Waals surface area contributed by atoms with Gasteiger partial charge in [-0.25, -0.2) is 0 Å². The van der Waals surface area contributed by atoms with E-state index in [1.165, 1.54) is 19.3 Å². The maximum atomic E-state index is 7.44. The summed E-state index contributed by atoms with van der Waals surface area (Å²) < 4.78 is 0. The van der Waals surface area contributed by atoms with Crippen molar-refractivity contribution in [2.45, 2.75) is 33.1 Å². The molecule has 0 bridgehead atoms. The summed E-state index contributed by atoms with van der Waals surface area (Å²) in [6.07, 6.45) is 3.63. The van der Waals surface area contributed by atoms with E-state index in [2.05, 4.69) is 18.7 Å². The van der Waals surface area contributed by atoms with Crippen LogP contribution in [0.5, 0.6) is 0 Å². The highest BCUT2D eigenvalue weighted by atomic mass is 35.5. The average molecular weight is 280 g/mol. The molecule has 0 amide bonds. The van der Waals surface area contributed by atoms with E-state index >= 15 is 0 Å². The third-order valence-corrected chi connectivity index (χ3v) is 4.24. The van der Waals surface area contributed by atoms with E-state index in [4.69, 9.17) is 22.7 Å². The van der Waals surface area contributed by atoms with E-state index in [0.29, 0.717) is 16.0 Å². The molecule has 1 saturated heterocycles. The molecule has 0 atom stereocenters. The standard InChI is InChI=1S/C15H22ClN3/c1-15(2)6-3-8-19(9-7-15)13-5-4-11(14(17)18)10-12(13)16/h4-5,10H,3,6-9H2,1-2H3,(H3,17,18). The van der Waals surface area contributed by atoms with Crippen molar-refractivity contribution in [1.82, 2.24) is 0 Å². The highest BCUT2D eigenvalue weighted by molar-refractivity contribution is 6.33. The number of hydrogen-bond donors (Lipinski definition) is 2. The van der Waals surface area contributed by atoms with Crippen molar-refractivity contribution in [3.05, 3.63) is 28.8 Å². The Kier molecular flexibility index (Phi) is 4.04. The zero-order valence-corrected chi connectivity index (χ0v) is 12.4. The summed E-state index contributed by atoms with van der Waals surface area (Å²) in [5.41, 5.74) is 7.64. The molecule has 1 heterocycles. The lowest BCUT2D eigenvalue weighted by Crippen LogP contribution is -2.25. The van der Waals surface area contributed by atoms with Crippen LogP contribution in [-0.2, 0) is 0 Å². The first-order valence-corrected chi connectivity index (χ1v) is 7.16. The summed E-state index contributed by atoms with van der Waals surface area (Å²) in [5, 5.41) is 8.13. The Labute approximate surface area is 120 Å². The normalized spacial score (nSPS) is 19.0. The number of hydrogen-bond acceptors (Lipinski definition) is 2. The molecule has 0 aliphatic carbocycles. The Balaban J connectivity index is 2.20. The van der Waals surface area contributed by atoms with Gasteiger partial charge < -0.3 is 10.6 Å². The van der Waals surface area contributed by atoms with Crippen molar-refractivity contribution >= 4 is 23.1 Å². The lowest BCUT2D eigenvalue weighted by atomic mass is 9.85. The highest BCUT2D eigenvalue weighted by Crippen LogP contribution is 2.34. The predicted octanol–water partition coefficient (Wildman–Crippen LogP) is 3.64. The van der Waals surface area contributed by atoms with Gasteiger partial charge in [0.1, 0.15) is 5.84 Å². The topological polar surface area (TPSA) is 53.1 Å². The van der Waals surface area contributed by atoms with E-state index in [0.717, 1.165) is 18.8 Å². The summed E-state index contributed by atoms with van der Waals surface area (Å²) in [7, 11) is 0. The average Bonchev–Trinajstić information content (AvgIpc) is 2.50. The number of anilines is 1. The van der Waals surface area contributed by atoms with Gasteiger partial charge in [0, 0.05) is 18.7 Å². The smallest absolute Gasteiger partial charge is 0.122 e. The minimum absolute atomic E-state index is 0.0606.